The highest BCUT2D eigenvalue weighted by Gasteiger charge is 2.06. The lowest BCUT2D eigenvalue weighted by Gasteiger charge is -2.09. The van der Waals surface area contributed by atoms with Gasteiger partial charge in [-0.15, -0.1) is 0 Å². The molecule has 0 unspecified atom stereocenters. The smallest absolute Gasteiger partial charge is 0.269 e. The molecule has 1 rings (SSSR count). The average Bonchev–Trinajstić information content (AvgIpc) is 2.42. The molecule has 1 aromatic carbocycles. The van der Waals surface area contributed by atoms with Gasteiger partial charge in [0, 0.05) is 12.0 Å². The van der Waals surface area contributed by atoms with E-state index in [4.69, 9.17) is 4.74 Å². The van der Waals surface area contributed by atoms with Gasteiger partial charge in [-0.1, -0.05) is 20.8 Å². The number of benzene rings is 1. The van der Waals surface area contributed by atoms with Crippen molar-refractivity contribution in [3.8, 4) is 5.75 Å². The zero-order chi connectivity index (χ0) is 14.3. The highest BCUT2D eigenvalue weighted by Crippen LogP contribution is 2.13. The quantitative estimate of drug-likeness (QED) is 0.798. The summed E-state index contributed by atoms with van der Waals surface area (Å²) >= 11 is 0. The molecule has 0 aliphatic carbocycles. The maximum absolute atomic E-state index is 11.7. The number of carbonyl (C=O) groups excluding carboxylic acids is 2. The van der Waals surface area contributed by atoms with Crippen molar-refractivity contribution < 1.29 is 14.3 Å². The lowest BCUT2D eigenvalue weighted by molar-refractivity contribution is -0.121. The SMILES string of the molecule is CCC(=O)NNC(=O)c1ccc(OCC(C)C)cc1. The first-order valence-electron chi connectivity index (χ1n) is 6.35. The molecule has 5 heteroatoms. The monoisotopic (exact) mass is 264 g/mol. The molecule has 2 amide bonds. The minimum atomic E-state index is -0.350. The summed E-state index contributed by atoms with van der Waals surface area (Å²) < 4.78 is 5.52. The summed E-state index contributed by atoms with van der Waals surface area (Å²) in [4.78, 5) is 22.7. The summed E-state index contributed by atoms with van der Waals surface area (Å²) in [6.45, 7) is 6.48. The Balaban J connectivity index is 2.51. The van der Waals surface area contributed by atoms with Crippen LogP contribution in [0.4, 0.5) is 0 Å². The summed E-state index contributed by atoms with van der Waals surface area (Å²) in [7, 11) is 0. The number of amides is 2. The molecule has 2 N–H and O–H groups in total. The number of rotatable bonds is 5. The highest BCUT2D eigenvalue weighted by atomic mass is 16.5. The summed E-state index contributed by atoms with van der Waals surface area (Å²) in [6, 6.07) is 6.78. The molecule has 104 valence electrons. The molecular formula is C14H20N2O3. The first-order valence-corrected chi connectivity index (χ1v) is 6.35. The third-order valence-electron chi connectivity index (χ3n) is 2.34. The Kier molecular flexibility index (Phi) is 5.85. The van der Waals surface area contributed by atoms with Crippen LogP contribution in [0.25, 0.3) is 0 Å². The van der Waals surface area contributed by atoms with Crippen LogP contribution in [0.15, 0.2) is 24.3 Å². The predicted molar refractivity (Wildman–Crippen MR) is 72.7 cm³/mol. The minimum absolute atomic E-state index is 0.231. The van der Waals surface area contributed by atoms with E-state index in [1.165, 1.54) is 0 Å². The molecule has 0 aliphatic heterocycles. The van der Waals surface area contributed by atoms with Gasteiger partial charge in [-0.25, -0.2) is 0 Å². The van der Waals surface area contributed by atoms with Gasteiger partial charge < -0.3 is 4.74 Å². The van der Waals surface area contributed by atoms with Crippen LogP contribution >= 0.6 is 0 Å². The van der Waals surface area contributed by atoms with E-state index in [2.05, 4.69) is 24.7 Å². The van der Waals surface area contributed by atoms with Crippen molar-refractivity contribution in [2.75, 3.05) is 6.61 Å². The Labute approximate surface area is 113 Å². The number of carbonyl (C=O) groups is 2. The van der Waals surface area contributed by atoms with Gasteiger partial charge in [0.05, 0.1) is 6.61 Å². The number of nitrogens with one attached hydrogen (secondary N) is 2. The highest BCUT2D eigenvalue weighted by molar-refractivity contribution is 5.95. The lowest BCUT2D eigenvalue weighted by Crippen LogP contribution is -2.41. The first kappa shape index (κ1) is 15.0. The molecule has 0 bridgehead atoms. The van der Waals surface area contributed by atoms with Crippen molar-refractivity contribution in [2.45, 2.75) is 27.2 Å². The molecule has 0 aliphatic rings. The van der Waals surface area contributed by atoms with Crippen molar-refractivity contribution >= 4 is 11.8 Å². The molecule has 0 fully saturated rings. The van der Waals surface area contributed by atoms with Crippen LogP contribution in [0.3, 0.4) is 0 Å². The van der Waals surface area contributed by atoms with Crippen molar-refractivity contribution in [1.29, 1.82) is 0 Å². The molecule has 19 heavy (non-hydrogen) atoms. The number of ether oxygens (including phenoxy) is 1. The second-order valence-electron chi connectivity index (χ2n) is 4.59. The van der Waals surface area contributed by atoms with E-state index in [1.54, 1.807) is 31.2 Å². The van der Waals surface area contributed by atoms with Crippen LogP contribution in [0.2, 0.25) is 0 Å². The number of hydrazine groups is 1. The third-order valence-corrected chi connectivity index (χ3v) is 2.34. The van der Waals surface area contributed by atoms with Crippen molar-refractivity contribution in [2.24, 2.45) is 5.92 Å². The van der Waals surface area contributed by atoms with Crippen LogP contribution in [0.5, 0.6) is 5.75 Å². The molecule has 5 nitrogen and oxygen atoms in total. The van der Waals surface area contributed by atoms with Gasteiger partial charge in [0.15, 0.2) is 0 Å². The van der Waals surface area contributed by atoms with E-state index in [9.17, 15) is 9.59 Å². The largest absolute Gasteiger partial charge is 0.493 e. The van der Waals surface area contributed by atoms with Gasteiger partial charge in [0.2, 0.25) is 5.91 Å². The minimum Gasteiger partial charge on any atom is -0.493 e. The van der Waals surface area contributed by atoms with Crippen LogP contribution < -0.4 is 15.6 Å². The van der Waals surface area contributed by atoms with Crippen molar-refractivity contribution in [3.63, 3.8) is 0 Å². The van der Waals surface area contributed by atoms with Gasteiger partial charge >= 0.3 is 0 Å². The van der Waals surface area contributed by atoms with E-state index < -0.39 is 0 Å². The fourth-order valence-electron chi connectivity index (χ4n) is 1.25. The van der Waals surface area contributed by atoms with Crippen molar-refractivity contribution in [3.05, 3.63) is 29.8 Å². The summed E-state index contributed by atoms with van der Waals surface area (Å²) in [5.41, 5.74) is 5.12. The average molecular weight is 264 g/mol. The maximum Gasteiger partial charge on any atom is 0.269 e. The topological polar surface area (TPSA) is 67.4 Å². The summed E-state index contributed by atoms with van der Waals surface area (Å²) in [5, 5.41) is 0. The molecule has 0 radical (unpaired) electrons. The normalized spacial score (nSPS) is 10.1. The van der Waals surface area contributed by atoms with Gasteiger partial charge in [-0.05, 0) is 30.2 Å². The zero-order valence-electron chi connectivity index (χ0n) is 11.5. The number of hydrogen-bond acceptors (Lipinski definition) is 3. The molecule has 0 saturated carbocycles. The van der Waals surface area contributed by atoms with Crippen LogP contribution in [0, 0.1) is 5.92 Å². The summed E-state index contributed by atoms with van der Waals surface area (Å²) in [6.07, 6.45) is 0.322. The maximum atomic E-state index is 11.7. The second-order valence-corrected chi connectivity index (χ2v) is 4.59. The zero-order valence-corrected chi connectivity index (χ0v) is 11.5. The third kappa shape index (κ3) is 5.42. The lowest BCUT2D eigenvalue weighted by atomic mass is 10.2. The number of hydrogen-bond donors (Lipinski definition) is 2. The fourth-order valence-corrected chi connectivity index (χ4v) is 1.25. The van der Waals surface area contributed by atoms with Crippen LogP contribution in [-0.4, -0.2) is 18.4 Å². The second kappa shape index (κ2) is 7.41. The van der Waals surface area contributed by atoms with Gasteiger partial charge in [-0.2, -0.15) is 0 Å². The Bertz CT molecular complexity index is 427. The molecule has 0 saturated heterocycles. The standard InChI is InChI=1S/C14H20N2O3/c1-4-13(17)15-16-14(18)11-5-7-12(8-6-11)19-9-10(2)3/h5-8,10H,4,9H2,1-3H3,(H,15,17)(H,16,18). The molecule has 0 atom stereocenters. The fraction of sp³-hybridized carbons (Fsp3) is 0.429. The molecule has 1 aromatic rings. The van der Waals surface area contributed by atoms with Crippen LogP contribution in [-0.2, 0) is 4.79 Å². The van der Waals surface area contributed by atoms with Crippen LogP contribution in [0.1, 0.15) is 37.6 Å². The van der Waals surface area contributed by atoms with E-state index in [1.807, 2.05) is 0 Å². The van der Waals surface area contributed by atoms with E-state index in [-0.39, 0.29) is 11.8 Å². The van der Waals surface area contributed by atoms with Gasteiger partial charge in [-0.3, -0.25) is 20.4 Å². The van der Waals surface area contributed by atoms with E-state index in [0.29, 0.717) is 24.5 Å². The molecule has 0 aromatic heterocycles. The first-order chi connectivity index (χ1) is 9.02. The predicted octanol–water partition coefficient (Wildman–Crippen LogP) is 1.89. The Hall–Kier alpha value is -2.04. The Morgan fingerprint density at radius 1 is 1.16 bits per heavy atom. The van der Waals surface area contributed by atoms with E-state index in [0.717, 1.165) is 5.75 Å². The molecular weight excluding hydrogens is 244 g/mol. The van der Waals surface area contributed by atoms with E-state index >= 15 is 0 Å². The Morgan fingerprint density at radius 3 is 2.32 bits per heavy atom. The molecule has 0 spiro atoms. The van der Waals surface area contributed by atoms with Gasteiger partial charge in [0.1, 0.15) is 5.75 Å². The summed E-state index contributed by atoms with van der Waals surface area (Å²) in [5.74, 6) is 0.595. The Morgan fingerprint density at radius 2 is 1.79 bits per heavy atom. The van der Waals surface area contributed by atoms with Gasteiger partial charge in [0.25, 0.3) is 5.91 Å². The van der Waals surface area contributed by atoms with Crippen molar-refractivity contribution in [1.82, 2.24) is 10.9 Å². The molecule has 0 heterocycles.